The summed E-state index contributed by atoms with van der Waals surface area (Å²) in [5.41, 5.74) is 0. The van der Waals surface area contributed by atoms with Gasteiger partial charge in [0.05, 0.1) is 10.6 Å². The second-order valence-corrected chi connectivity index (χ2v) is 4.72. The van der Waals surface area contributed by atoms with Crippen molar-refractivity contribution in [1.82, 2.24) is 0 Å². The minimum absolute atomic E-state index is 0.261. The van der Waals surface area contributed by atoms with E-state index in [1.165, 1.54) is 25.3 Å². The Bertz CT molecular complexity index is 334. The molecule has 82 valence electrons. The van der Waals surface area contributed by atoms with Gasteiger partial charge in [-0.15, -0.1) is 0 Å². The summed E-state index contributed by atoms with van der Waals surface area (Å²) in [4.78, 5) is 0. The van der Waals surface area contributed by atoms with E-state index in [1.54, 1.807) is 6.07 Å². The minimum Gasteiger partial charge on any atom is -0.489 e. The van der Waals surface area contributed by atoms with Crippen LogP contribution < -0.4 is 4.74 Å². The highest BCUT2D eigenvalue weighted by molar-refractivity contribution is 9.10. The molecule has 1 aromatic carbocycles. The van der Waals surface area contributed by atoms with Crippen molar-refractivity contribution in [1.29, 1.82) is 0 Å². The van der Waals surface area contributed by atoms with Crippen LogP contribution in [0.2, 0.25) is 0 Å². The molecule has 0 atom stereocenters. The monoisotopic (exact) mass is 272 g/mol. The molecular weight excluding hydrogens is 259 g/mol. The average molecular weight is 273 g/mol. The van der Waals surface area contributed by atoms with E-state index < -0.39 is 0 Å². The van der Waals surface area contributed by atoms with E-state index >= 15 is 0 Å². The van der Waals surface area contributed by atoms with Gasteiger partial charge in [-0.1, -0.05) is 12.5 Å². The summed E-state index contributed by atoms with van der Waals surface area (Å²) in [6.07, 6.45) is 6.17. The fraction of sp³-hybridized carbons (Fsp3) is 0.500. The Morgan fingerprint density at radius 1 is 1.20 bits per heavy atom. The van der Waals surface area contributed by atoms with Crippen molar-refractivity contribution < 1.29 is 9.13 Å². The molecule has 0 aliphatic heterocycles. The van der Waals surface area contributed by atoms with Gasteiger partial charge in [0.2, 0.25) is 0 Å². The maximum Gasteiger partial charge on any atom is 0.141 e. The maximum atomic E-state index is 13.2. The molecule has 0 radical (unpaired) electrons. The topological polar surface area (TPSA) is 9.23 Å². The molecule has 1 saturated carbocycles. The number of halogens is 2. The van der Waals surface area contributed by atoms with Gasteiger partial charge in [-0.3, -0.25) is 0 Å². The summed E-state index contributed by atoms with van der Waals surface area (Å²) in [6.45, 7) is 0. The van der Waals surface area contributed by atoms with Gasteiger partial charge in [-0.2, -0.15) is 0 Å². The fourth-order valence-electron chi connectivity index (χ4n) is 1.94. The van der Waals surface area contributed by atoms with Crippen molar-refractivity contribution in [2.45, 2.75) is 38.2 Å². The smallest absolute Gasteiger partial charge is 0.141 e. The Morgan fingerprint density at radius 3 is 2.67 bits per heavy atom. The van der Waals surface area contributed by atoms with Crippen LogP contribution in [0.3, 0.4) is 0 Å². The first-order valence-corrected chi connectivity index (χ1v) is 6.17. The molecule has 0 saturated heterocycles. The van der Waals surface area contributed by atoms with Gasteiger partial charge in [-0.05, 0) is 53.7 Å². The van der Waals surface area contributed by atoms with E-state index in [2.05, 4.69) is 15.9 Å². The van der Waals surface area contributed by atoms with Crippen LogP contribution in [-0.4, -0.2) is 6.10 Å². The molecule has 1 aliphatic rings. The zero-order valence-electron chi connectivity index (χ0n) is 8.51. The summed E-state index contributed by atoms with van der Waals surface area (Å²) < 4.78 is 19.4. The molecule has 1 aliphatic carbocycles. The van der Waals surface area contributed by atoms with Crippen molar-refractivity contribution in [3.63, 3.8) is 0 Å². The summed E-state index contributed by atoms with van der Waals surface area (Å²) >= 11 is 3.21. The molecule has 0 amide bonds. The van der Waals surface area contributed by atoms with Crippen LogP contribution in [0, 0.1) is 5.82 Å². The maximum absolute atomic E-state index is 13.2. The van der Waals surface area contributed by atoms with Crippen molar-refractivity contribution in [3.05, 3.63) is 28.5 Å². The first-order valence-electron chi connectivity index (χ1n) is 5.38. The molecular formula is C12H14BrFO. The largest absolute Gasteiger partial charge is 0.489 e. The lowest BCUT2D eigenvalue weighted by molar-refractivity contribution is 0.153. The summed E-state index contributed by atoms with van der Waals surface area (Å²) in [7, 11) is 0. The van der Waals surface area contributed by atoms with Gasteiger partial charge in [0.1, 0.15) is 11.6 Å². The third-order valence-electron chi connectivity index (χ3n) is 2.76. The predicted molar refractivity (Wildman–Crippen MR) is 61.6 cm³/mol. The van der Waals surface area contributed by atoms with Crippen LogP contribution in [0.4, 0.5) is 4.39 Å². The van der Waals surface area contributed by atoms with Gasteiger partial charge in [0.25, 0.3) is 0 Å². The SMILES string of the molecule is Fc1cccc(OC2CCCCC2)c1Br. The van der Waals surface area contributed by atoms with E-state index in [0.717, 1.165) is 12.8 Å². The average Bonchev–Trinajstić information content (AvgIpc) is 2.26. The third-order valence-corrected chi connectivity index (χ3v) is 3.53. The number of ether oxygens (including phenoxy) is 1. The number of rotatable bonds is 2. The van der Waals surface area contributed by atoms with Crippen LogP contribution >= 0.6 is 15.9 Å². The van der Waals surface area contributed by atoms with E-state index in [4.69, 9.17) is 4.74 Å². The highest BCUT2D eigenvalue weighted by Gasteiger charge is 2.16. The molecule has 1 fully saturated rings. The Hall–Kier alpha value is -0.570. The quantitative estimate of drug-likeness (QED) is 0.780. The van der Waals surface area contributed by atoms with Gasteiger partial charge in [0.15, 0.2) is 0 Å². The molecule has 2 rings (SSSR count). The van der Waals surface area contributed by atoms with Crippen LogP contribution in [-0.2, 0) is 0 Å². The summed E-state index contributed by atoms with van der Waals surface area (Å²) in [5, 5.41) is 0. The van der Waals surface area contributed by atoms with Crippen molar-refractivity contribution in [3.8, 4) is 5.75 Å². The number of hydrogen-bond acceptors (Lipinski definition) is 1. The van der Waals surface area contributed by atoms with Crippen LogP contribution in [0.5, 0.6) is 5.75 Å². The van der Waals surface area contributed by atoms with Crippen LogP contribution in [0.1, 0.15) is 32.1 Å². The molecule has 0 unspecified atom stereocenters. The van der Waals surface area contributed by atoms with E-state index in [1.807, 2.05) is 6.07 Å². The molecule has 15 heavy (non-hydrogen) atoms. The lowest BCUT2D eigenvalue weighted by Crippen LogP contribution is -2.19. The summed E-state index contributed by atoms with van der Waals surface area (Å²) in [6, 6.07) is 4.91. The van der Waals surface area contributed by atoms with Crippen LogP contribution in [0.25, 0.3) is 0 Å². The highest BCUT2D eigenvalue weighted by atomic mass is 79.9. The zero-order valence-corrected chi connectivity index (χ0v) is 10.1. The van der Waals surface area contributed by atoms with Gasteiger partial charge in [-0.25, -0.2) is 4.39 Å². The zero-order chi connectivity index (χ0) is 10.7. The van der Waals surface area contributed by atoms with E-state index in [9.17, 15) is 4.39 Å². The second kappa shape index (κ2) is 4.97. The Balaban J connectivity index is 2.06. The fourth-order valence-corrected chi connectivity index (χ4v) is 2.30. The molecule has 0 bridgehead atoms. The van der Waals surface area contributed by atoms with Gasteiger partial charge >= 0.3 is 0 Å². The number of hydrogen-bond donors (Lipinski definition) is 0. The first kappa shape index (κ1) is 10.9. The predicted octanol–water partition coefficient (Wildman–Crippen LogP) is 4.30. The summed E-state index contributed by atoms with van der Waals surface area (Å²) in [5.74, 6) is 0.366. The molecule has 0 heterocycles. The Labute approximate surface area is 97.8 Å². The Morgan fingerprint density at radius 2 is 1.93 bits per heavy atom. The Kier molecular flexibility index (Phi) is 3.62. The highest BCUT2D eigenvalue weighted by Crippen LogP contribution is 2.30. The van der Waals surface area contributed by atoms with Crippen molar-refractivity contribution in [2.75, 3.05) is 0 Å². The molecule has 0 N–H and O–H groups in total. The molecule has 0 aromatic heterocycles. The third kappa shape index (κ3) is 2.71. The second-order valence-electron chi connectivity index (χ2n) is 3.93. The standard InChI is InChI=1S/C12H14BrFO/c13-12-10(14)7-4-8-11(12)15-9-5-2-1-3-6-9/h4,7-9H,1-3,5-6H2. The van der Waals surface area contributed by atoms with Crippen molar-refractivity contribution in [2.24, 2.45) is 0 Å². The van der Waals surface area contributed by atoms with Gasteiger partial charge < -0.3 is 4.74 Å². The normalized spacial score (nSPS) is 17.7. The molecule has 0 spiro atoms. The van der Waals surface area contributed by atoms with Gasteiger partial charge in [0, 0.05) is 0 Å². The minimum atomic E-state index is -0.261. The molecule has 3 heteroatoms. The van der Waals surface area contributed by atoms with Crippen molar-refractivity contribution >= 4 is 15.9 Å². The number of benzene rings is 1. The first-order chi connectivity index (χ1) is 7.27. The van der Waals surface area contributed by atoms with E-state index in [-0.39, 0.29) is 11.9 Å². The molecule has 1 nitrogen and oxygen atoms in total. The van der Waals surface area contributed by atoms with Crippen LogP contribution in [0.15, 0.2) is 22.7 Å². The lowest BCUT2D eigenvalue weighted by atomic mass is 9.98. The van der Waals surface area contributed by atoms with E-state index in [0.29, 0.717) is 10.2 Å². The lowest BCUT2D eigenvalue weighted by Gasteiger charge is -2.23. The molecule has 1 aromatic rings.